The zero-order chi connectivity index (χ0) is 16.2. The van der Waals surface area contributed by atoms with Crippen molar-refractivity contribution in [3.05, 3.63) is 57.4 Å². The Morgan fingerprint density at radius 3 is 2.78 bits per heavy atom. The van der Waals surface area contributed by atoms with Crippen molar-refractivity contribution in [2.24, 2.45) is 0 Å². The van der Waals surface area contributed by atoms with Gasteiger partial charge in [-0.25, -0.2) is 0 Å². The van der Waals surface area contributed by atoms with Crippen molar-refractivity contribution in [2.75, 3.05) is 19.6 Å². The van der Waals surface area contributed by atoms with Gasteiger partial charge in [0.25, 0.3) is 5.91 Å². The second-order valence-electron chi connectivity index (χ2n) is 5.64. The van der Waals surface area contributed by atoms with Gasteiger partial charge in [0.1, 0.15) is 5.76 Å². The molecule has 1 aliphatic heterocycles. The first kappa shape index (κ1) is 16.6. The van der Waals surface area contributed by atoms with E-state index in [0.29, 0.717) is 17.1 Å². The summed E-state index contributed by atoms with van der Waals surface area (Å²) in [5, 5.41) is 3.53. The normalized spacial score (nSPS) is 16.4. The topological polar surface area (TPSA) is 45.5 Å². The molecule has 1 aromatic heterocycles. The van der Waals surface area contributed by atoms with Gasteiger partial charge in [0.2, 0.25) is 0 Å². The Morgan fingerprint density at radius 2 is 2.13 bits per heavy atom. The van der Waals surface area contributed by atoms with E-state index in [1.54, 1.807) is 24.5 Å². The molecule has 1 aliphatic rings. The number of carbonyl (C=O) groups excluding carboxylic acids is 1. The highest BCUT2D eigenvalue weighted by Gasteiger charge is 2.26. The van der Waals surface area contributed by atoms with E-state index in [2.05, 4.69) is 26.1 Å². The van der Waals surface area contributed by atoms with Crippen LogP contribution < -0.4 is 5.32 Å². The molecule has 1 unspecified atom stereocenters. The highest BCUT2D eigenvalue weighted by atomic mass is 79.9. The van der Waals surface area contributed by atoms with E-state index in [4.69, 9.17) is 16.0 Å². The summed E-state index contributed by atoms with van der Waals surface area (Å²) < 4.78 is 6.35. The number of rotatable bonds is 5. The molecular formula is C17H18BrClN2O2. The lowest BCUT2D eigenvalue weighted by molar-refractivity contribution is 0.0933. The molecule has 0 spiro atoms. The zero-order valence-corrected chi connectivity index (χ0v) is 14.9. The number of halogens is 2. The van der Waals surface area contributed by atoms with Crippen LogP contribution in [0.5, 0.6) is 0 Å². The summed E-state index contributed by atoms with van der Waals surface area (Å²) in [6.07, 6.45) is 4.05. The molecule has 0 bridgehead atoms. The molecule has 2 aromatic rings. The van der Waals surface area contributed by atoms with Gasteiger partial charge in [0.15, 0.2) is 0 Å². The lowest BCUT2D eigenvalue weighted by atomic mass is 10.1. The molecule has 1 aromatic carbocycles. The first-order chi connectivity index (χ1) is 11.1. The summed E-state index contributed by atoms with van der Waals surface area (Å²) in [6.45, 7) is 2.57. The van der Waals surface area contributed by atoms with Crippen LogP contribution in [0.4, 0.5) is 0 Å². The summed E-state index contributed by atoms with van der Waals surface area (Å²) in [7, 11) is 0. The van der Waals surface area contributed by atoms with E-state index in [0.717, 1.165) is 23.3 Å². The van der Waals surface area contributed by atoms with E-state index < -0.39 is 0 Å². The Labute approximate surface area is 148 Å². The maximum Gasteiger partial charge on any atom is 0.251 e. The first-order valence-electron chi connectivity index (χ1n) is 7.65. The van der Waals surface area contributed by atoms with Crippen LogP contribution in [0.3, 0.4) is 0 Å². The molecule has 0 radical (unpaired) electrons. The van der Waals surface area contributed by atoms with E-state index in [1.807, 2.05) is 12.1 Å². The average molecular weight is 398 g/mol. The molecule has 1 saturated heterocycles. The second-order valence-corrected chi connectivity index (χ2v) is 6.99. The van der Waals surface area contributed by atoms with E-state index in [9.17, 15) is 4.79 Å². The van der Waals surface area contributed by atoms with Gasteiger partial charge in [-0.3, -0.25) is 9.69 Å². The van der Waals surface area contributed by atoms with Crippen molar-refractivity contribution in [2.45, 2.75) is 18.9 Å². The molecule has 4 nitrogen and oxygen atoms in total. The van der Waals surface area contributed by atoms with E-state index >= 15 is 0 Å². The van der Waals surface area contributed by atoms with E-state index in [-0.39, 0.29) is 11.9 Å². The molecule has 6 heteroatoms. The predicted molar refractivity (Wildman–Crippen MR) is 93.7 cm³/mol. The smallest absolute Gasteiger partial charge is 0.251 e. The number of furan rings is 1. The van der Waals surface area contributed by atoms with Crippen LogP contribution in [0.15, 0.2) is 45.5 Å². The Balaban J connectivity index is 1.69. The standard InChI is InChI=1S/C17H18BrClN2O2/c18-13-8-12(9-14(19)10-13)17(22)20-11-15(16-4-3-7-23-16)21-5-1-2-6-21/h3-4,7-10,15H,1-2,5-6,11H2,(H,20,22). The Bertz CT molecular complexity index is 649. The summed E-state index contributed by atoms with van der Waals surface area (Å²) in [4.78, 5) is 14.8. The van der Waals surface area contributed by atoms with E-state index in [1.165, 1.54) is 12.8 Å². The van der Waals surface area contributed by atoms with Crippen LogP contribution in [0, 0.1) is 0 Å². The molecule has 0 saturated carbocycles. The van der Waals surface area contributed by atoms with Gasteiger partial charge in [-0.15, -0.1) is 0 Å². The first-order valence-corrected chi connectivity index (χ1v) is 8.82. The molecule has 1 atom stereocenters. The molecule has 1 N–H and O–H groups in total. The summed E-state index contributed by atoms with van der Waals surface area (Å²) in [6, 6.07) is 9.10. The predicted octanol–water partition coefficient (Wildman–Crippen LogP) is 4.26. The number of hydrogen-bond donors (Lipinski definition) is 1. The summed E-state index contributed by atoms with van der Waals surface area (Å²) >= 11 is 9.37. The second kappa shape index (κ2) is 7.51. The van der Waals surface area contributed by atoms with Crippen molar-refractivity contribution in [1.29, 1.82) is 0 Å². The molecule has 23 heavy (non-hydrogen) atoms. The van der Waals surface area contributed by atoms with Gasteiger partial charge >= 0.3 is 0 Å². The quantitative estimate of drug-likeness (QED) is 0.820. The van der Waals surface area contributed by atoms with Crippen molar-refractivity contribution < 1.29 is 9.21 Å². The van der Waals surface area contributed by atoms with Crippen molar-refractivity contribution >= 4 is 33.4 Å². The van der Waals surface area contributed by atoms with Crippen LogP contribution in [0.25, 0.3) is 0 Å². The number of nitrogens with one attached hydrogen (secondary N) is 1. The number of hydrogen-bond acceptors (Lipinski definition) is 3. The van der Waals surface area contributed by atoms with Gasteiger partial charge in [0.05, 0.1) is 12.3 Å². The third kappa shape index (κ3) is 4.16. The minimum absolute atomic E-state index is 0.0686. The summed E-state index contributed by atoms with van der Waals surface area (Å²) in [5.41, 5.74) is 0.545. The zero-order valence-electron chi connectivity index (χ0n) is 12.6. The van der Waals surface area contributed by atoms with Gasteiger partial charge in [-0.05, 0) is 56.3 Å². The SMILES string of the molecule is O=C(NCC(c1ccco1)N1CCCC1)c1cc(Cl)cc(Br)c1. The fourth-order valence-corrected chi connectivity index (χ4v) is 3.78. The molecule has 122 valence electrons. The highest BCUT2D eigenvalue weighted by Crippen LogP contribution is 2.25. The summed E-state index contributed by atoms with van der Waals surface area (Å²) in [5.74, 6) is 0.753. The Kier molecular flexibility index (Phi) is 5.41. The average Bonchev–Trinajstić information content (AvgIpc) is 3.20. The number of carbonyl (C=O) groups is 1. The lowest BCUT2D eigenvalue weighted by Crippen LogP contribution is -2.36. The third-order valence-electron chi connectivity index (χ3n) is 4.03. The maximum absolute atomic E-state index is 12.4. The van der Waals surface area contributed by atoms with Gasteiger partial charge < -0.3 is 9.73 Å². The number of benzene rings is 1. The van der Waals surface area contributed by atoms with Crippen molar-refractivity contribution in [3.63, 3.8) is 0 Å². The highest BCUT2D eigenvalue weighted by molar-refractivity contribution is 9.10. The molecule has 0 aliphatic carbocycles. The monoisotopic (exact) mass is 396 g/mol. The minimum Gasteiger partial charge on any atom is -0.468 e. The third-order valence-corrected chi connectivity index (χ3v) is 4.71. The lowest BCUT2D eigenvalue weighted by Gasteiger charge is -2.26. The van der Waals surface area contributed by atoms with Gasteiger partial charge in [0, 0.05) is 21.6 Å². The van der Waals surface area contributed by atoms with Crippen LogP contribution in [0.2, 0.25) is 5.02 Å². The van der Waals surface area contributed by atoms with Crippen LogP contribution in [-0.2, 0) is 0 Å². The Morgan fingerprint density at radius 1 is 1.35 bits per heavy atom. The van der Waals surface area contributed by atoms with Crippen LogP contribution in [0.1, 0.15) is 35.0 Å². The van der Waals surface area contributed by atoms with Gasteiger partial charge in [-0.2, -0.15) is 0 Å². The van der Waals surface area contributed by atoms with Crippen LogP contribution >= 0.6 is 27.5 Å². The molecule has 1 fully saturated rings. The molecular weight excluding hydrogens is 380 g/mol. The van der Waals surface area contributed by atoms with Crippen LogP contribution in [-0.4, -0.2) is 30.4 Å². The molecule has 1 amide bonds. The fourth-order valence-electron chi connectivity index (χ4n) is 2.92. The maximum atomic E-state index is 12.4. The minimum atomic E-state index is -0.135. The number of likely N-dealkylation sites (tertiary alicyclic amines) is 1. The van der Waals surface area contributed by atoms with Gasteiger partial charge in [-0.1, -0.05) is 27.5 Å². The fraction of sp³-hybridized carbons (Fsp3) is 0.353. The number of amides is 1. The molecule has 2 heterocycles. The van der Waals surface area contributed by atoms with Crippen molar-refractivity contribution in [1.82, 2.24) is 10.2 Å². The Hall–Kier alpha value is -1.30. The number of nitrogens with zero attached hydrogens (tertiary/aromatic N) is 1. The van der Waals surface area contributed by atoms with Crippen molar-refractivity contribution in [3.8, 4) is 0 Å². The largest absolute Gasteiger partial charge is 0.468 e. The molecule has 3 rings (SSSR count).